The number of fused-ring (bicyclic) bond motifs is 1. The maximum Gasteiger partial charge on any atom is 0.490 e. The number of nitrogens with zero attached hydrogens (tertiary/aromatic N) is 2. The SMILES string of the molecule is Cc1ccc(S(=O)(=O)n2cc(C3=CCOCC3)c3cc(B(O)O)cnc32)cc1. The van der Waals surface area contributed by atoms with Crippen molar-refractivity contribution in [2.24, 2.45) is 0 Å². The molecule has 0 fully saturated rings. The summed E-state index contributed by atoms with van der Waals surface area (Å²) >= 11 is 0. The van der Waals surface area contributed by atoms with Gasteiger partial charge in [-0.3, -0.25) is 0 Å². The van der Waals surface area contributed by atoms with Crippen LogP contribution < -0.4 is 5.46 Å². The third-order valence-electron chi connectivity index (χ3n) is 4.82. The lowest BCUT2D eigenvalue weighted by molar-refractivity contribution is 0.161. The molecule has 0 aliphatic carbocycles. The lowest BCUT2D eigenvalue weighted by Gasteiger charge is -2.12. The van der Waals surface area contributed by atoms with Gasteiger partial charge in [-0.15, -0.1) is 0 Å². The van der Waals surface area contributed by atoms with E-state index in [1.807, 2.05) is 13.0 Å². The van der Waals surface area contributed by atoms with Crippen LogP contribution in [0.2, 0.25) is 0 Å². The van der Waals surface area contributed by atoms with E-state index in [1.165, 1.54) is 6.20 Å². The van der Waals surface area contributed by atoms with Crippen molar-refractivity contribution in [3.05, 3.63) is 59.9 Å². The van der Waals surface area contributed by atoms with E-state index in [0.29, 0.717) is 30.6 Å². The van der Waals surface area contributed by atoms with Crippen molar-refractivity contribution >= 4 is 39.2 Å². The molecule has 0 bridgehead atoms. The first-order chi connectivity index (χ1) is 13.4. The Hall–Kier alpha value is -2.46. The van der Waals surface area contributed by atoms with Gasteiger partial charge in [0.15, 0.2) is 5.65 Å². The lowest BCUT2D eigenvalue weighted by Crippen LogP contribution is -2.30. The van der Waals surface area contributed by atoms with E-state index in [4.69, 9.17) is 4.74 Å². The summed E-state index contributed by atoms with van der Waals surface area (Å²) in [6, 6.07) is 8.19. The van der Waals surface area contributed by atoms with Gasteiger partial charge in [-0.05, 0) is 37.1 Å². The second kappa shape index (κ2) is 7.18. The summed E-state index contributed by atoms with van der Waals surface area (Å²) in [5.41, 5.74) is 3.05. The van der Waals surface area contributed by atoms with Crippen molar-refractivity contribution in [2.45, 2.75) is 18.2 Å². The Labute approximate surface area is 163 Å². The van der Waals surface area contributed by atoms with Crippen LogP contribution in [0.4, 0.5) is 0 Å². The summed E-state index contributed by atoms with van der Waals surface area (Å²) in [7, 11) is -5.55. The van der Waals surface area contributed by atoms with Crippen LogP contribution >= 0.6 is 0 Å². The van der Waals surface area contributed by atoms with E-state index in [9.17, 15) is 18.5 Å². The van der Waals surface area contributed by atoms with Gasteiger partial charge in [-0.25, -0.2) is 17.4 Å². The maximum absolute atomic E-state index is 13.3. The summed E-state index contributed by atoms with van der Waals surface area (Å²) in [6.45, 7) is 2.88. The summed E-state index contributed by atoms with van der Waals surface area (Å²) in [5, 5.41) is 19.6. The van der Waals surface area contributed by atoms with E-state index in [0.717, 1.165) is 15.1 Å². The molecule has 3 aromatic rings. The maximum atomic E-state index is 13.3. The molecule has 7 nitrogen and oxygen atoms in total. The molecular weight excluding hydrogens is 379 g/mol. The van der Waals surface area contributed by atoms with Crippen LogP contribution in [-0.2, 0) is 14.8 Å². The van der Waals surface area contributed by atoms with Crippen LogP contribution in [0.5, 0.6) is 0 Å². The summed E-state index contributed by atoms with van der Waals surface area (Å²) in [6.07, 6.45) is 5.37. The van der Waals surface area contributed by atoms with Gasteiger partial charge < -0.3 is 14.8 Å². The lowest BCUT2D eigenvalue weighted by atomic mass is 9.81. The van der Waals surface area contributed by atoms with Crippen LogP contribution in [0.15, 0.2) is 53.7 Å². The zero-order chi connectivity index (χ0) is 19.9. The molecule has 0 saturated heterocycles. The van der Waals surface area contributed by atoms with E-state index in [2.05, 4.69) is 4.98 Å². The monoisotopic (exact) mass is 398 g/mol. The summed E-state index contributed by atoms with van der Waals surface area (Å²) in [5.74, 6) is 0. The predicted octanol–water partition coefficient (Wildman–Crippen LogP) is 1.07. The number of rotatable bonds is 4. The molecule has 144 valence electrons. The zero-order valence-electron chi connectivity index (χ0n) is 15.2. The van der Waals surface area contributed by atoms with Gasteiger partial charge in [0.1, 0.15) is 0 Å². The predicted molar refractivity (Wildman–Crippen MR) is 107 cm³/mol. The second-order valence-electron chi connectivity index (χ2n) is 6.72. The third-order valence-corrected chi connectivity index (χ3v) is 6.48. The van der Waals surface area contributed by atoms with E-state index in [-0.39, 0.29) is 16.0 Å². The number of hydrogen-bond acceptors (Lipinski definition) is 6. The van der Waals surface area contributed by atoms with Gasteiger partial charge in [0.05, 0.1) is 18.1 Å². The summed E-state index contributed by atoms with van der Waals surface area (Å²) in [4.78, 5) is 4.40. The Bertz CT molecular complexity index is 1170. The fourth-order valence-electron chi connectivity index (χ4n) is 3.27. The average Bonchev–Trinajstić information content (AvgIpc) is 3.08. The highest BCUT2D eigenvalue weighted by atomic mass is 32.2. The molecule has 2 aromatic heterocycles. The fourth-order valence-corrected chi connectivity index (χ4v) is 4.60. The molecular formula is C19H19BN2O5S. The molecule has 0 atom stereocenters. The Morgan fingerprint density at radius 1 is 1.21 bits per heavy atom. The third kappa shape index (κ3) is 3.26. The minimum absolute atomic E-state index is 0.163. The van der Waals surface area contributed by atoms with Crippen molar-refractivity contribution < 1.29 is 23.2 Å². The first-order valence-electron chi connectivity index (χ1n) is 8.84. The molecule has 9 heteroatoms. The highest BCUT2D eigenvalue weighted by molar-refractivity contribution is 7.90. The zero-order valence-corrected chi connectivity index (χ0v) is 16.1. The first-order valence-corrected chi connectivity index (χ1v) is 10.3. The number of pyridine rings is 1. The number of benzene rings is 1. The number of aryl methyl sites for hydroxylation is 1. The quantitative estimate of drug-likeness (QED) is 0.638. The minimum Gasteiger partial charge on any atom is -0.423 e. The van der Waals surface area contributed by atoms with Gasteiger partial charge >= 0.3 is 7.12 Å². The largest absolute Gasteiger partial charge is 0.490 e. The van der Waals surface area contributed by atoms with Crippen LogP contribution in [0.3, 0.4) is 0 Å². The van der Waals surface area contributed by atoms with Crippen molar-refractivity contribution in [3.63, 3.8) is 0 Å². The second-order valence-corrected chi connectivity index (χ2v) is 8.54. The van der Waals surface area contributed by atoms with Crippen molar-refractivity contribution in [1.29, 1.82) is 0 Å². The highest BCUT2D eigenvalue weighted by Crippen LogP contribution is 2.31. The molecule has 4 rings (SSSR count). The Balaban J connectivity index is 1.96. The molecule has 1 aromatic carbocycles. The van der Waals surface area contributed by atoms with Gasteiger partial charge in [0.2, 0.25) is 0 Å². The number of aromatic nitrogens is 2. The molecule has 0 unspecified atom stereocenters. The standard InChI is InChI=1S/C19H19BN2O5S/c1-13-2-4-16(5-3-13)28(25,26)22-12-18(14-6-8-27-9-7-14)17-10-15(20(23)24)11-21-19(17)22/h2-6,10-12,23-24H,7-9H2,1H3. The van der Waals surface area contributed by atoms with Crippen molar-refractivity contribution in [3.8, 4) is 0 Å². The van der Waals surface area contributed by atoms with Crippen LogP contribution in [0.25, 0.3) is 16.6 Å². The average molecular weight is 398 g/mol. The Morgan fingerprint density at radius 3 is 2.61 bits per heavy atom. The van der Waals surface area contributed by atoms with E-state index >= 15 is 0 Å². The van der Waals surface area contributed by atoms with Crippen molar-refractivity contribution in [1.82, 2.24) is 8.96 Å². The molecule has 0 amide bonds. The van der Waals surface area contributed by atoms with E-state index < -0.39 is 17.1 Å². The molecule has 28 heavy (non-hydrogen) atoms. The Morgan fingerprint density at radius 2 is 1.96 bits per heavy atom. The number of ether oxygens (including phenoxy) is 1. The molecule has 2 N–H and O–H groups in total. The minimum atomic E-state index is -3.86. The molecule has 1 aliphatic heterocycles. The molecule has 0 saturated carbocycles. The van der Waals surface area contributed by atoms with Crippen LogP contribution in [-0.4, -0.2) is 47.8 Å². The van der Waals surface area contributed by atoms with E-state index in [1.54, 1.807) is 36.5 Å². The van der Waals surface area contributed by atoms with Crippen LogP contribution in [0, 0.1) is 6.92 Å². The molecule has 3 heterocycles. The van der Waals surface area contributed by atoms with Crippen LogP contribution in [0.1, 0.15) is 17.5 Å². The van der Waals surface area contributed by atoms with Gasteiger partial charge in [0.25, 0.3) is 10.0 Å². The van der Waals surface area contributed by atoms with Crippen molar-refractivity contribution in [2.75, 3.05) is 13.2 Å². The fraction of sp³-hybridized carbons (Fsp3) is 0.211. The molecule has 0 spiro atoms. The first kappa shape index (κ1) is 18.9. The molecule has 1 aliphatic rings. The normalized spacial score (nSPS) is 14.9. The molecule has 0 radical (unpaired) electrons. The topological polar surface area (TPSA) is 102 Å². The summed E-state index contributed by atoms with van der Waals surface area (Å²) < 4.78 is 33.0. The van der Waals surface area contributed by atoms with Gasteiger partial charge in [0, 0.05) is 28.8 Å². The smallest absolute Gasteiger partial charge is 0.423 e. The van der Waals surface area contributed by atoms with Gasteiger partial charge in [-0.2, -0.15) is 0 Å². The van der Waals surface area contributed by atoms with Gasteiger partial charge in [-0.1, -0.05) is 23.8 Å². The Kier molecular flexibility index (Phi) is 4.84. The highest BCUT2D eigenvalue weighted by Gasteiger charge is 2.25. The number of hydrogen-bond donors (Lipinski definition) is 2.